The van der Waals surface area contributed by atoms with Crippen LogP contribution < -0.4 is 5.56 Å². The van der Waals surface area contributed by atoms with Crippen LogP contribution in [0, 0.1) is 13.8 Å². The predicted molar refractivity (Wildman–Crippen MR) is 89.8 cm³/mol. The van der Waals surface area contributed by atoms with Crippen LogP contribution in [0.4, 0.5) is 0 Å². The van der Waals surface area contributed by atoms with E-state index in [1.807, 2.05) is 50.2 Å². The van der Waals surface area contributed by atoms with Crippen LogP contribution in [0.5, 0.6) is 0 Å². The van der Waals surface area contributed by atoms with Crippen molar-refractivity contribution in [1.82, 2.24) is 9.55 Å². The van der Waals surface area contributed by atoms with Gasteiger partial charge < -0.3 is 0 Å². The Morgan fingerprint density at radius 1 is 0.955 bits per heavy atom. The van der Waals surface area contributed by atoms with Crippen molar-refractivity contribution >= 4 is 11.6 Å². The molecule has 3 nitrogen and oxygen atoms in total. The average molecular weight is 311 g/mol. The Morgan fingerprint density at radius 2 is 1.59 bits per heavy atom. The second-order valence-corrected chi connectivity index (χ2v) is 5.64. The van der Waals surface area contributed by atoms with Gasteiger partial charge in [0.05, 0.1) is 11.4 Å². The summed E-state index contributed by atoms with van der Waals surface area (Å²) in [5.41, 5.74) is 3.41. The maximum atomic E-state index is 12.5. The normalized spacial score (nSPS) is 10.7. The van der Waals surface area contributed by atoms with Crippen LogP contribution >= 0.6 is 11.6 Å². The van der Waals surface area contributed by atoms with Crippen molar-refractivity contribution in [2.24, 2.45) is 0 Å². The van der Waals surface area contributed by atoms with Crippen molar-refractivity contribution in [3.63, 3.8) is 0 Å². The van der Waals surface area contributed by atoms with Gasteiger partial charge in [-0.25, -0.2) is 4.98 Å². The molecule has 2 aromatic carbocycles. The lowest BCUT2D eigenvalue weighted by atomic mass is 10.1. The minimum Gasteiger partial charge on any atom is -0.269 e. The fraction of sp³-hybridized carbons (Fsp3) is 0.111. The Labute approximate surface area is 133 Å². The number of halogens is 1. The molecule has 0 radical (unpaired) electrons. The van der Waals surface area contributed by atoms with Crippen LogP contribution in [0.2, 0.25) is 5.02 Å². The summed E-state index contributed by atoms with van der Waals surface area (Å²) in [7, 11) is 0. The molecule has 0 aliphatic carbocycles. The van der Waals surface area contributed by atoms with E-state index in [4.69, 9.17) is 11.6 Å². The van der Waals surface area contributed by atoms with Crippen molar-refractivity contribution < 1.29 is 0 Å². The molecule has 0 bridgehead atoms. The average Bonchev–Trinajstić information content (AvgIpc) is 2.49. The highest BCUT2D eigenvalue weighted by Gasteiger charge is 2.08. The molecule has 0 fully saturated rings. The van der Waals surface area contributed by atoms with Crippen molar-refractivity contribution in [1.29, 1.82) is 0 Å². The fourth-order valence-corrected chi connectivity index (χ4v) is 2.50. The van der Waals surface area contributed by atoms with Gasteiger partial charge in [-0.3, -0.25) is 9.36 Å². The van der Waals surface area contributed by atoms with E-state index in [-0.39, 0.29) is 5.56 Å². The highest BCUT2D eigenvalue weighted by Crippen LogP contribution is 2.19. The van der Waals surface area contributed by atoms with Crippen LogP contribution in [0.1, 0.15) is 11.4 Å². The summed E-state index contributed by atoms with van der Waals surface area (Å²) in [6.45, 7) is 3.85. The lowest BCUT2D eigenvalue weighted by Crippen LogP contribution is -2.21. The smallest absolute Gasteiger partial charge is 0.258 e. The lowest BCUT2D eigenvalue weighted by molar-refractivity contribution is 0.873. The predicted octanol–water partition coefficient (Wildman–Crippen LogP) is 4.17. The van der Waals surface area contributed by atoms with Crippen molar-refractivity contribution in [2.75, 3.05) is 0 Å². The summed E-state index contributed by atoms with van der Waals surface area (Å²) < 4.78 is 1.61. The molecule has 0 spiro atoms. The number of aryl methyl sites for hydroxylation is 2. The molecule has 0 saturated heterocycles. The Hall–Kier alpha value is -2.39. The first kappa shape index (κ1) is 14.5. The Morgan fingerprint density at radius 3 is 2.18 bits per heavy atom. The third-order valence-corrected chi connectivity index (χ3v) is 3.77. The molecule has 1 aromatic heterocycles. The van der Waals surface area contributed by atoms with Crippen LogP contribution in [-0.4, -0.2) is 9.55 Å². The van der Waals surface area contributed by atoms with Crippen molar-refractivity contribution in [3.05, 3.63) is 81.4 Å². The van der Waals surface area contributed by atoms with Gasteiger partial charge in [-0.15, -0.1) is 0 Å². The summed E-state index contributed by atoms with van der Waals surface area (Å²) in [6, 6.07) is 16.7. The molecule has 0 unspecified atom stereocenters. The maximum Gasteiger partial charge on any atom is 0.258 e. The summed E-state index contributed by atoms with van der Waals surface area (Å²) in [4.78, 5) is 17.0. The molecule has 3 rings (SSSR count). The van der Waals surface area contributed by atoms with Gasteiger partial charge in [0, 0.05) is 16.7 Å². The molecule has 22 heavy (non-hydrogen) atoms. The monoisotopic (exact) mass is 310 g/mol. The largest absolute Gasteiger partial charge is 0.269 e. The first-order valence-corrected chi connectivity index (χ1v) is 7.36. The number of hydrogen-bond donors (Lipinski definition) is 0. The zero-order valence-corrected chi connectivity index (χ0v) is 13.1. The Balaban J connectivity index is 2.10. The van der Waals surface area contributed by atoms with E-state index in [2.05, 4.69) is 4.98 Å². The van der Waals surface area contributed by atoms with E-state index in [0.29, 0.717) is 16.5 Å². The first-order valence-electron chi connectivity index (χ1n) is 6.98. The number of aromatic nitrogens is 2. The van der Waals surface area contributed by atoms with Gasteiger partial charge in [-0.2, -0.15) is 0 Å². The van der Waals surface area contributed by atoms with Gasteiger partial charge in [0.15, 0.2) is 0 Å². The number of rotatable bonds is 2. The van der Waals surface area contributed by atoms with E-state index in [1.54, 1.807) is 22.8 Å². The van der Waals surface area contributed by atoms with Gasteiger partial charge in [-0.05, 0) is 38.1 Å². The Bertz CT molecular complexity index is 865. The summed E-state index contributed by atoms with van der Waals surface area (Å²) in [5.74, 6) is 0.654. The highest BCUT2D eigenvalue weighted by atomic mass is 35.5. The van der Waals surface area contributed by atoms with Crippen molar-refractivity contribution in [2.45, 2.75) is 13.8 Å². The van der Waals surface area contributed by atoms with Gasteiger partial charge in [0.1, 0.15) is 5.82 Å². The molecule has 0 aliphatic rings. The fourth-order valence-electron chi connectivity index (χ4n) is 2.37. The maximum absolute atomic E-state index is 12.5. The third kappa shape index (κ3) is 2.81. The minimum atomic E-state index is -0.0960. The highest BCUT2D eigenvalue weighted by molar-refractivity contribution is 6.30. The van der Waals surface area contributed by atoms with Gasteiger partial charge in [0.2, 0.25) is 0 Å². The van der Waals surface area contributed by atoms with E-state index in [0.717, 1.165) is 16.8 Å². The number of nitrogens with zero attached hydrogens (tertiary/aromatic N) is 2. The molecule has 0 atom stereocenters. The first-order chi connectivity index (χ1) is 10.5. The van der Waals surface area contributed by atoms with E-state index in [9.17, 15) is 4.79 Å². The van der Waals surface area contributed by atoms with Crippen LogP contribution in [-0.2, 0) is 0 Å². The quantitative estimate of drug-likeness (QED) is 0.712. The molecule has 0 aliphatic heterocycles. The number of hydrogen-bond acceptors (Lipinski definition) is 2. The van der Waals surface area contributed by atoms with Crippen LogP contribution in [0.25, 0.3) is 16.9 Å². The number of benzene rings is 2. The molecule has 0 saturated carbocycles. The molecular weight excluding hydrogens is 296 g/mol. The van der Waals surface area contributed by atoms with Crippen molar-refractivity contribution in [3.8, 4) is 16.9 Å². The van der Waals surface area contributed by atoms with E-state index >= 15 is 0 Å². The molecular formula is C18H15ClN2O. The molecule has 4 heteroatoms. The topological polar surface area (TPSA) is 34.9 Å². The minimum absolute atomic E-state index is 0.0960. The molecule has 0 amide bonds. The van der Waals surface area contributed by atoms with Gasteiger partial charge >= 0.3 is 0 Å². The zero-order chi connectivity index (χ0) is 15.7. The SMILES string of the molecule is Cc1ccc(-n2c(C)nc(-c3ccc(Cl)cc3)cc2=O)cc1. The second-order valence-electron chi connectivity index (χ2n) is 5.20. The summed E-state index contributed by atoms with van der Waals surface area (Å²) >= 11 is 5.89. The van der Waals surface area contributed by atoms with Gasteiger partial charge in [0.25, 0.3) is 5.56 Å². The van der Waals surface area contributed by atoms with Crippen LogP contribution in [0.3, 0.4) is 0 Å². The molecule has 0 N–H and O–H groups in total. The van der Waals surface area contributed by atoms with Gasteiger partial charge in [-0.1, -0.05) is 41.4 Å². The molecule has 110 valence electrons. The lowest BCUT2D eigenvalue weighted by Gasteiger charge is -2.11. The Kier molecular flexibility index (Phi) is 3.82. The zero-order valence-electron chi connectivity index (χ0n) is 12.4. The van der Waals surface area contributed by atoms with Crippen LogP contribution in [0.15, 0.2) is 59.4 Å². The summed E-state index contributed by atoms with van der Waals surface area (Å²) in [6.07, 6.45) is 0. The summed E-state index contributed by atoms with van der Waals surface area (Å²) in [5, 5.41) is 0.661. The second kappa shape index (κ2) is 5.78. The molecule has 1 heterocycles. The standard InChI is InChI=1S/C18H15ClN2O/c1-12-3-9-16(10-4-12)21-13(2)20-17(11-18(21)22)14-5-7-15(19)8-6-14/h3-11H,1-2H3. The van der Waals surface area contributed by atoms with E-state index in [1.165, 1.54) is 0 Å². The van der Waals surface area contributed by atoms with E-state index < -0.39 is 0 Å². The molecule has 3 aromatic rings. The third-order valence-electron chi connectivity index (χ3n) is 3.52.